The third-order valence-electron chi connectivity index (χ3n) is 2.36. The topological polar surface area (TPSA) is 49.4 Å². The van der Waals surface area contributed by atoms with Gasteiger partial charge < -0.3 is 5.32 Å². The first-order valence-corrected chi connectivity index (χ1v) is 8.03. The molecule has 0 aromatic heterocycles. The molecule has 0 fully saturated rings. The molecule has 5 heteroatoms. The lowest BCUT2D eigenvalue weighted by molar-refractivity contribution is 0.333. The molecule has 0 radical (unpaired) electrons. The van der Waals surface area contributed by atoms with Crippen LogP contribution in [0.3, 0.4) is 0 Å². The van der Waals surface area contributed by atoms with Crippen molar-refractivity contribution in [2.24, 2.45) is 11.8 Å². The van der Waals surface area contributed by atoms with Gasteiger partial charge in [-0.25, -0.2) is 12.7 Å². The first-order chi connectivity index (χ1) is 7.79. The molecule has 0 aromatic carbocycles. The largest absolute Gasteiger partial charge is 0.320 e. The van der Waals surface area contributed by atoms with Crippen LogP contribution in [0, 0.1) is 11.8 Å². The second kappa shape index (κ2) is 8.06. The molecular formula is C12H28N2O2S. The minimum atomic E-state index is -3.09. The molecule has 0 rings (SSSR count). The van der Waals surface area contributed by atoms with Gasteiger partial charge in [0.2, 0.25) is 10.0 Å². The Hall–Kier alpha value is -0.130. The van der Waals surface area contributed by atoms with Gasteiger partial charge in [-0.15, -0.1) is 0 Å². The van der Waals surface area contributed by atoms with Crippen LogP contribution in [0.5, 0.6) is 0 Å². The van der Waals surface area contributed by atoms with E-state index in [2.05, 4.69) is 33.0 Å². The van der Waals surface area contributed by atoms with Crippen LogP contribution >= 0.6 is 0 Å². The molecule has 0 saturated carbocycles. The molecule has 0 heterocycles. The summed E-state index contributed by atoms with van der Waals surface area (Å²) in [5.41, 5.74) is 0. The fourth-order valence-electron chi connectivity index (χ4n) is 1.68. The minimum absolute atomic E-state index is 0.243. The molecule has 0 spiro atoms. The Morgan fingerprint density at radius 2 is 1.53 bits per heavy atom. The molecular weight excluding hydrogens is 236 g/mol. The average molecular weight is 264 g/mol. The molecule has 0 aliphatic carbocycles. The first-order valence-electron chi connectivity index (χ1n) is 6.42. The monoisotopic (exact) mass is 264 g/mol. The van der Waals surface area contributed by atoms with Crippen LogP contribution in [0.15, 0.2) is 0 Å². The molecule has 0 unspecified atom stereocenters. The molecule has 0 aliphatic rings. The highest BCUT2D eigenvalue weighted by Crippen LogP contribution is 2.10. The van der Waals surface area contributed by atoms with E-state index in [-0.39, 0.29) is 5.75 Å². The molecule has 0 atom stereocenters. The zero-order valence-corrected chi connectivity index (χ0v) is 12.7. The van der Waals surface area contributed by atoms with E-state index in [0.717, 1.165) is 6.54 Å². The molecule has 1 N–H and O–H groups in total. The Kier molecular flexibility index (Phi) is 8.00. The van der Waals surface area contributed by atoms with Gasteiger partial charge in [0.1, 0.15) is 0 Å². The van der Waals surface area contributed by atoms with Crippen LogP contribution in [0.25, 0.3) is 0 Å². The van der Waals surface area contributed by atoms with E-state index in [1.807, 2.05) is 7.05 Å². The summed E-state index contributed by atoms with van der Waals surface area (Å²) in [5.74, 6) is 0.980. The van der Waals surface area contributed by atoms with Gasteiger partial charge in [0.15, 0.2) is 0 Å². The van der Waals surface area contributed by atoms with E-state index in [9.17, 15) is 8.42 Å². The van der Waals surface area contributed by atoms with Gasteiger partial charge in [0, 0.05) is 13.1 Å². The summed E-state index contributed by atoms with van der Waals surface area (Å²) in [5, 5.41) is 2.98. The van der Waals surface area contributed by atoms with Crippen molar-refractivity contribution < 1.29 is 8.42 Å². The SMILES string of the molecule is CNCCCS(=O)(=O)N(CC(C)C)CC(C)C. The summed E-state index contributed by atoms with van der Waals surface area (Å²) in [6.07, 6.45) is 0.672. The number of rotatable bonds is 9. The number of nitrogens with one attached hydrogen (secondary N) is 1. The van der Waals surface area contributed by atoms with Crippen LogP contribution in [0.4, 0.5) is 0 Å². The van der Waals surface area contributed by atoms with Crippen molar-refractivity contribution in [1.29, 1.82) is 0 Å². The Morgan fingerprint density at radius 3 is 1.88 bits per heavy atom. The van der Waals surface area contributed by atoms with Gasteiger partial charge >= 0.3 is 0 Å². The number of hydrogen-bond donors (Lipinski definition) is 1. The van der Waals surface area contributed by atoms with E-state index < -0.39 is 10.0 Å². The zero-order chi connectivity index (χ0) is 13.5. The maximum atomic E-state index is 12.2. The maximum Gasteiger partial charge on any atom is 0.214 e. The summed E-state index contributed by atoms with van der Waals surface area (Å²) >= 11 is 0. The maximum absolute atomic E-state index is 12.2. The average Bonchev–Trinajstić information content (AvgIpc) is 2.15. The van der Waals surface area contributed by atoms with Crippen molar-refractivity contribution in [3.05, 3.63) is 0 Å². The van der Waals surface area contributed by atoms with E-state index in [1.165, 1.54) is 0 Å². The summed E-state index contributed by atoms with van der Waals surface area (Å²) in [6.45, 7) is 10.2. The van der Waals surface area contributed by atoms with Gasteiger partial charge in [-0.2, -0.15) is 0 Å². The zero-order valence-electron chi connectivity index (χ0n) is 11.9. The second-order valence-electron chi connectivity index (χ2n) is 5.38. The highest BCUT2D eigenvalue weighted by Gasteiger charge is 2.22. The lowest BCUT2D eigenvalue weighted by atomic mass is 10.2. The summed E-state index contributed by atoms with van der Waals surface area (Å²) in [6, 6.07) is 0. The lowest BCUT2D eigenvalue weighted by Gasteiger charge is -2.25. The Labute approximate surface area is 107 Å². The lowest BCUT2D eigenvalue weighted by Crippen LogP contribution is -2.38. The Bertz CT molecular complexity index is 277. The highest BCUT2D eigenvalue weighted by atomic mass is 32.2. The van der Waals surface area contributed by atoms with E-state index in [4.69, 9.17) is 0 Å². The van der Waals surface area contributed by atoms with Crippen LogP contribution in [-0.2, 0) is 10.0 Å². The van der Waals surface area contributed by atoms with Crippen LogP contribution in [0.1, 0.15) is 34.1 Å². The molecule has 17 heavy (non-hydrogen) atoms. The Balaban J connectivity index is 4.53. The predicted molar refractivity (Wildman–Crippen MR) is 73.6 cm³/mol. The van der Waals surface area contributed by atoms with Gasteiger partial charge in [-0.05, 0) is 31.8 Å². The normalized spacial score (nSPS) is 12.9. The van der Waals surface area contributed by atoms with Crippen LogP contribution in [-0.4, -0.2) is 45.2 Å². The van der Waals surface area contributed by atoms with Gasteiger partial charge in [-0.3, -0.25) is 0 Å². The van der Waals surface area contributed by atoms with E-state index >= 15 is 0 Å². The molecule has 0 saturated heterocycles. The van der Waals surface area contributed by atoms with Gasteiger partial charge in [-0.1, -0.05) is 27.7 Å². The highest BCUT2D eigenvalue weighted by molar-refractivity contribution is 7.89. The van der Waals surface area contributed by atoms with Crippen molar-refractivity contribution in [3.8, 4) is 0 Å². The van der Waals surface area contributed by atoms with E-state index in [1.54, 1.807) is 4.31 Å². The third kappa shape index (κ3) is 7.73. The minimum Gasteiger partial charge on any atom is -0.320 e. The fourth-order valence-corrected chi connectivity index (χ4v) is 3.49. The van der Waals surface area contributed by atoms with Crippen molar-refractivity contribution in [3.63, 3.8) is 0 Å². The summed E-state index contributed by atoms with van der Waals surface area (Å²) in [7, 11) is -1.25. The number of sulfonamides is 1. The van der Waals surface area contributed by atoms with Gasteiger partial charge in [0.25, 0.3) is 0 Å². The molecule has 0 aromatic rings. The van der Waals surface area contributed by atoms with Crippen molar-refractivity contribution in [1.82, 2.24) is 9.62 Å². The van der Waals surface area contributed by atoms with Gasteiger partial charge in [0.05, 0.1) is 5.75 Å². The smallest absolute Gasteiger partial charge is 0.214 e. The first kappa shape index (κ1) is 16.9. The van der Waals surface area contributed by atoms with E-state index in [0.29, 0.717) is 31.3 Å². The standard InChI is InChI=1S/C12H28N2O2S/c1-11(2)9-14(10-12(3)4)17(15,16)8-6-7-13-5/h11-13H,6-10H2,1-5H3. The number of hydrogen-bond acceptors (Lipinski definition) is 3. The fraction of sp³-hybridized carbons (Fsp3) is 1.00. The molecule has 0 bridgehead atoms. The molecule has 104 valence electrons. The summed E-state index contributed by atoms with van der Waals surface area (Å²) < 4.78 is 26.0. The summed E-state index contributed by atoms with van der Waals surface area (Å²) in [4.78, 5) is 0. The second-order valence-corrected chi connectivity index (χ2v) is 7.47. The predicted octanol–water partition coefficient (Wildman–Crippen LogP) is 1.54. The van der Waals surface area contributed by atoms with Crippen molar-refractivity contribution in [2.45, 2.75) is 34.1 Å². The number of nitrogens with zero attached hydrogens (tertiary/aromatic N) is 1. The third-order valence-corrected chi connectivity index (χ3v) is 4.25. The van der Waals surface area contributed by atoms with Crippen LogP contribution in [0.2, 0.25) is 0 Å². The Morgan fingerprint density at radius 1 is 1.06 bits per heavy atom. The quantitative estimate of drug-likeness (QED) is 0.643. The van der Waals surface area contributed by atoms with Crippen molar-refractivity contribution in [2.75, 3.05) is 32.4 Å². The molecule has 0 aliphatic heterocycles. The molecule has 0 amide bonds. The van der Waals surface area contributed by atoms with Crippen molar-refractivity contribution >= 4 is 10.0 Å². The van der Waals surface area contributed by atoms with Crippen LogP contribution < -0.4 is 5.32 Å². The molecule has 4 nitrogen and oxygen atoms in total.